The van der Waals surface area contributed by atoms with Crippen LogP contribution < -0.4 is 4.90 Å². The lowest BCUT2D eigenvalue weighted by molar-refractivity contribution is 0.629. The first-order valence-electron chi connectivity index (χ1n) is 8.23. The van der Waals surface area contributed by atoms with Crippen LogP contribution >= 0.6 is 0 Å². The number of anilines is 2. The van der Waals surface area contributed by atoms with Gasteiger partial charge in [0.25, 0.3) is 5.78 Å². The van der Waals surface area contributed by atoms with E-state index in [4.69, 9.17) is 4.98 Å². The lowest BCUT2D eigenvalue weighted by atomic mass is 10.1. The Labute approximate surface area is 144 Å². The van der Waals surface area contributed by atoms with Crippen LogP contribution in [-0.2, 0) is 0 Å². The monoisotopic (exact) mass is 335 g/mol. The van der Waals surface area contributed by atoms with Gasteiger partial charge in [-0.2, -0.15) is 4.98 Å². The first-order valence-corrected chi connectivity index (χ1v) is 8.23. The van der Waals surface area contributed by atoms with Gasteiger partial charge in [-0.1, -0.05) is 12.1 Å². The van der Waals surface area contributed by atoms with Crippen molar-refractivity contribution in [2.45, 2.75) is 20.8 Å². The molecular weight excluding hydrogens is 317 g/mol. The van der Waals surface area contributed by atoms with E-state index in [-0.39, 0.29) is 5.82 Å². The molecule has 0 radical (unpaired) electrons. The molecule has 5 nitrogen and oxygen atoms in total. The van der Waals surface area contributed by atoms with E-state index in [0.717, 1.165) is 28.0 Å². The molecule has 0 spiro atoms. The molecule has 126 valence electrons. The molecule has 2 aromatic heterocycles. The highest BCUT2D eigenvalue weighted by molar-refractivity contribution is 5.93. The largest absolute Gasteiger partial charge is 0.326 e. The van der Waals surface area contributed by atoms with Gasteiger partial charge in [-0.15, -0.1) is 10.2 Å². The molecule has 0 aliphatic rings. The quantitative estimate of drug-likeness (QED) is 0.563. The molecule has 2 heterocycles. The minimum Gasteiger partial charge on any atom is -0.326 e. The number of nitrogens with zero attached hydrogens (tertiary/aromatic N) is 5. The normalized spacial score (nSPS) is 11.4. The number of fused-ring (bicyclic) bond motifs is 3. The molecule has 2 aromatic carbocycles. The Kier molecular flexibility index (Phi) is 3.60. The smallest absolute Gasteiger partial charge is 0.257 e. The molecule has 6 heteroatoms. The van der Waals surface area contributed by atoms with Gasteiger partial charge in [-0.25, -0.2) is 4.39 Å². The summed E-state index contributed by atoms with van der Waals surface area (Å²) >= 11 is 0. The summed E-state index contributed by atoms with van der Waals surface area (Å²) in [5.74, 6) is 1.63. The molecule has 0 N–H and O–H groups in total. The van der Waals surface area contributed by atoms with Gasteiger partial charge >= 0.3 is 0 Å². The molecule has 0 aliphatic carbocycles. The van der Waals surface area contributed by atoms with Crippen molar-refractivity contribution < 1.29 is 4.39 Å². The van der Waals surface area contributed by atoms with Crippen LogP contribution in [0.1, 0.15) is 18.3 Å². The zero-order valence-electron chi connectivity index (χ0n) is 14.4. The Morgan fingerprint density at radius 2 is 1.92 bits per heavy atom. The highest BCUT2D eigenvalue weighted by Crippen LogP contribution is 2.32. The summed E-state index contributed by atoms with van der Waals surface area (Å²) in [7, 11) is 0. The topological polar surface area (TPSA) is 46.3 Å². The molecule has 0 saturated carbocycles. The maximum atomic E-state index is 14.0. The van der Waals surface area contributed by atoms with Gasteiger partial charge in [0.15, 0.2) is 0 Å². The van der Waals surface area contributed by atoms with Crippen LogP contribution in [0.3, 0.4) is 0 Å². The van der Waals surface area contributed by atoms with Crippen LogP contribution in [0.5, 0.6) is 0 Å². The summed E-state index contributed by atoms with van der Waals surface area (Å²) < 4.78 is 15.8. The second-order valence-corrected chi connectivity index (χ2v) is 6.06. The SMILES string of the molecule is CCN(c1cccc(C)c1)c1nc2nnc(C)n2c2ccc(F)cc12. The van der Waals surface area contributed by atoms with Crippen LogP contribution in [0.2, 0.25) is 0 Å². The van der Waals surface area contributed by atoms with Crippen molar-refractivity contribution in [3.63, 3.8) is 0 Å². The highest BCUT2D eigenvalue weighted by Gasteiger charge is 2.18. The third kappa shape index (κ3) is 2.50. The molecule has 4 aromatic rings. The van der Waals surface area contributed by atoms with E-state index in [1.165, 1.54) is 12.1 Å². The number of hydrogen-bond acceptors (Lipinski definition) is 4. The van der Waals surface area contributed by atoms with Gasteiger partial charge in [0.2, 0.25) is 0 Å². The first kappa shape index (κ1) is 15.5. The maximum absolute atomic E-state index is 14.0. The van der Waals surface area contributed by atoms with Gasteiger partial charge < -0.3 is 4.90 Å². The molecule has 0 atom stereocenters. The minimum atomic E-state index is -0.291. The maximum Gasteiger partial charge on any atom is 0.257 e. The van der Waals surface area contributed by atoms with Gasteiger partial charge in [0.05, 0.1) is 5.52 Å². The fourth-order valence-corrected chi connectivity index (χ4v) is 3.20. The fraction of sp³-hybridized carbons (Fsp3) is 0.211. The molecule has 0 saturated heterocycles. The third-order valence-corrected chi connectivity index (χ3v) is 4.34. The Morgan fingerprint density at radius 3 is 2.68 bits per heavy atom. The molecule has 0 aliphatic heterocycles. The summed E-state index contributed by atoms with van der Waals surface area (Å²) in [6.07, 6.45) is 0. The van der Waals surface area contributed by atoms with Crippen molar-refractivity contribution >= 4 is 28.2 Å². The molecule has 0 fully saturated rings. The highest BCUT2D eigenvalue weighted by atomic mass is 19.1. The Hall–Kier alpha value is -3.02. The lowest BCUT2D eigenvalue weighted by Gasteiger charge is -2.24. The van der Waals surface area contributed by atoms with Gasteiger partial charge in [-0.3, -0.25) is 4.40 Å². The zero-order chi connectivity index (χ0) is 17.6. The van der Waals surface area contributed by atoms with E-state index in [1.807, 2.05) is 36.4 Å². The Morgan fingerprint density at radius 1 is 1.08 bits per heavy atom. The predicted octanol–water partition coefficient (Wildman–Crippen LogP) is 4.19. The van der Waals surface area contributed by atoms with Crippen molar-refractivity contribution in [2.24, 2.45) is 0 Å². The number of aromatic nitrogens is 4. The van der Waals surface area contributed by atoms with Crippen molar-refractivity contribution in [1.29, 1.82) is 0 Å². The van der Waals surface area contributed by atoms with Gasteiger partial charge in [0.1, 0.15) is 17.5 Å². The number of benzene rings is 2. The van der Waals surface area contributed by atoms with Crippen molar-refractivity contribution in [3.05, 3.63) is 59.7 Å². The van der Waals surface area contributed by atoms with Crippen molar-refractivity contribution in [2.75, 3.05) is 11.4 Å². The summed E-state index contributed by atoms with van der Waals surface area (Å²) in [5.41, 5.74) is 3.02. The molecular formula is C19H18FN5. The molecule has 0 unspecified atom stereocenters. The summed E-state index contributed by atoms with van der Waals surface area (Å²) in [4.78, 5) is 6.76. The van der Waals surface area contributed by atoms with E-state index in [1.54, 1.807) is 6.07 Å². The third-order valence-electron chi connectivity index (χ3n) is 4.34. The number of halogens is 1. The average molecular weight is 335 g/mol. The minimum absolute atomic E-state index is 0.291. The van der Waals surface area contributed by atoms with Crippen LogP contribution in [0.15, 0.2) is 42.5 Å². The predicted molar refractivity (Wildman–Crippen MR) is 96.8 cm³/mol. The van der Waals surface area contributed by atoms with Gasteiger partial charge in [-0.05, 0) is 56.7 Å². The molecule has 0 amide bonds. The first-order chi connectivity index (χ1) is 12.1. The summed E-state index contributed by atoms with van der Waals surface area (Å²) in [5, 5.41) is 9.02. The second-order valence-electron chi connectivity index (χ2n) is 6.06. The van der Waals surface area contributed by atoms with E-state index in [9.17, 15) is 4.39 Å². The van der Waals surface area contributed by atoms with Crippen molar-refractivity contribution in [1.82, 2.24) is 19.6 Å². The summed E-state index contributed by atoms with van der Waals surface area (Å²) in [6, 6.07) is 12.9. The van der Waals surface area contributed by atoms with Crippen LogP contribution in [0, 0.1) is 19.7 Å². The van der Waals surface area contributed by atoms with Crippen LogP contribution in [0.4, 0.5) is 15.9 Å². The Balaban J connectivity index is 2.06. The van der Waals surface area contributed by atoms with E-state index >= 15 is 0 Å². The fourth-order valence-electron chi connectivity index (χ4n) is 3.20. The Bertz CT molecular complexity index is 1090. The van der Waals surface area contributed by atoms with Crippen molar-refractivity contribution in [3.8, 4) is 0 Å². The van der Waals surface area contributed by atoms with Gasteiger partial charge in [0, 0.05) is 17.6 Å². The second kappa shape index (κ2) is 5.81. The average Bonchev–Trinajstić information content (AvgIpc) is 2.97. The molecule has 0 bridgehead atoms. The molecule has 25 heavy (non-hydrogen) atoms. The van der Waals surface area contributed by atoms with Crippen LogP contribution in [0.25, 0.3) is 16.7 Å². The number of aryl methyl sites for hydroxylation is 2. The standard InChI is InChI=1S/C19H18FN5/c1-4-24(15-7-5-6-12(2)10-15)18-16-11-14(20)8-9-17(16)25-13(3)22-23-19(25)21-18/h5-11H,4H2,1-3H3. The lowest BCUT2D eigenvalue weighted by Crippen LogP contribution is -2.18. The van der Waals surface area contributed by atoms with E-state index in [2.05, 4.69) is 28.1 Å². The number of rotatable bonds is 3. The van der Waals surface area contributed by atoms with Crippen LogP contribution in [-0.4, -0.2) is 26.1 Å². The molecule has 4 rings (SSSR count). The zero-order valence-corrected chi connectivity index (χ0v) is 14.4. The number of hydrogen-bond donors (Lipinski definition) is 0. The van der Waals surface area contributed by atoms with E-state index in [0.29, 0.717) is 18.1 Å². The summed E-state index contributed by atoms with van der Waals surface area (Å²) in [6.45, 7) is 6.66. The van der Waals surface area contributed by atoms with E-state index < -0.39 is 0 Å².